The van der Waals surface area contributed by atoms with Gasteiger partial charge < -0.3 is 5.32 Å². The summed E-state index contributed by atoms with van der Waals surface area (Å²) >= 11 is 1.80. The van der Waals surface area contributed by atoms with Crippen LogP contribution in [0.2, 0.25) is 0 Å². The van der Waals surface area contributed by atoms with E-state index in [2.05, 4.69) is 59.0 Å². The van der Waals surface area contributed by atoms with Gasteiger partial charge in [0.25, 0.3) is 0 Å². The SMILES string of the molecule is CC(NCCc1cccc2cccnc12)c1cccs1. The molecule has 3 rings (SSSR count). The lowest BCUT2D eigenvalue weighted by molar-refractivity contribution is 0.585. The summed E-state index contributed by atoms with van der Waals surface area (Å²) in [6.07, 6.45) is 2.87. The van der Waals surface area contributed by atoms with Crippen molar-refractivity contribution in [2.24, 2.45) is 0 Å². The van der Waals surface area contributed by atoms with Crippen molar-refractivity contribution >= 4 is 22.2 Å². The smallest absolute Gasteiger partial charge is 0.0734 e. The minimum Gasteiger partial charge on any atom is -0.309 e. The number of fused-ring (bicyclic) bond motifs is 1. The Morgan fingerprint density at radius 1 is 1.15 bits per heavy atom. The molecular weight excluding hydrogens is 264 g/mol. The van der Waals surface area contributed by atoms with Crippen molar-refractivity contribution in [2.45, 2.75) is 19.4 Å². The number of hydrogen-bond donors (Lipinski definition) is 1. The summed E-state index contributed by atoms with van der Waals surface area (Å²) in [6, 6.07) is 15.2. The molecule has 1 unspecified atom stereocenters. The molecule has 1 atom stereocenters. The molecule has 2 heterocycles. The number of hydrogen-bond acceptors (Lipinski definition) is 3. The molecule has 1 aromatic carbocycles. The zero-order valence-corrected chi connectivity index (χ0v) is 12.4. The van der Waals surface area contributed by atoms with Gasteiger partial charge in [0, 0.05) is 22.5 Å². The fourth-order valence-corrected chi connectivity index (χ4v) is 3.19. The molecule has 1 N–H and O–H groups in total. The Bertz CT molecular complexity index is 671. The first kappa shape index (κ1) is 13.3. The van der Waals surface area contributed by atoms with E-state index in [4.69, 9.17) is 0 Å². The lowest BCUT2D eigenvalue weighted by atomic mass is 10.1. The summed E-state index contributed by atoms with van der Waals surface area (Å²) in [7, 11) is 0. The van der Waals surface area contributed by atoms with E-state index in [1.165, 1.54) is 15.8 Å². The fraction of sp³-hybridized carbons (Fsp3) is 0.235. The molecule has 0 aliphatic carbocycles. The largest absolute Gasteiger partial charge is 0.309 e. The van der Waals surface area contributed by atoms with E-state index in [9.17, 15) is 0 Å². The molecule has 102 valence electrons. The lowest BCUT2D eigenvalue weighted by Gasteiger charge is -2.12. The van der Waals surface area contributed by atoms with Crippen molar-refractivity contribution in [1.29, 1.82) is 0 Å². The second-order valence-corrected chi connectivity index (χ2v) is 5.91. The van der Waals surface area contributed by atoms with Crippen molar-refractivity contribution in [3.63, 3.8) is 0 Å². The number of benzene rings is 1. The summed E-state index contributed by atoms with van der Waals surface area (Å²) in [5.74, 6) is 0. The van der Waals surface area contributed by atoms with Crippen molar-refractivity contribution < 1.29 is 0 Å². The standard InChI is InChI=1S/C17H18N2S/c1-13(16-8-4-12-20-16)18-11-9-15-6-2-5-14-7-3-10-19-17(14)15/h2-8,10,12-13,18H,9,11H2,1H3. The molecule has 3 heteroatoms. The minimum absolute atomic E-state index is 0.415. The van der Waals surface area contributed by atoms with Gasteiger partial charge >= 0.3 is 0 Å². The molecule has 0 saturated carbocycles. The van der Waals surface area contributed by atoms with Gasteiger partial charge in [-0.15, -0.1) is 11.3 Å². The number of nitrogens with zero attached hydrogens (tertiary/aromatic N) is 1. The van der Waals surface area contributed by atoms with Crippen LogP contribution in [0.25, 0.3) is 10.9 Å². The van der Waals surface area contributed by atoms with Crippen molar-refractivity contribution in [3.05, 3.63) is 64.5 Å². The van der Waals surface area contributed by atoms with Crippen LogP contribution in [-0.2, 0) is 6.42 Å². The molecule has 0 fully saturated rings. The average molecular weight is 282 g/mol. The summed E-state index contributed by atoms with van der Waals surface area (Å²) < 4.78 is 0. The Morgan fingerprint density at radius 2 is 2.05 bits per heavy atom. The number of pyridine rings is 1. The van der Waals surface area contributed by atoms with Crippen LogP contribution in [-0.4, -0.2) is 11.5 Å². The zero-order valence-electron chi connectivity index (χ0n) is 11.5. The Hall–Kier alpha value is -1.71. The Morgan fingerprint density at radius 3 is 2.90 bits per heavy atom. The van der Waals surface area contributed by atoms with Crippen LogP contribution in [0.1, 0.15) is 23.4 Å². The second kappa shape index (κ2) is 6.16. The van der Waals surface area contributed by atoms with Crippen LogP contribution in [0.5, 0.6) is 0 Å². The van der Waals surface area contributed by atoms with E-state index in [1.54, 1.807) is 11.3 Å². The van der Waals surface area contributed by atoms with Gasteiger partial charge in [0.05, 0.1) is 5.52 Å². The van der Waals surface area contributed by atoms with Gasteiger partial charge in [0.1, 0.15) is 0 Å². The predicted octanol–water partition coefficient (Wildman–Crippen LogP) is 4.19. The molecule has 0 aliphatic heterocycles. The maximum atomic E-state index is 4.50. The van der Waals surface area contributed by atoms with Crippen molar-refractivity contribution in [1.82, 2.24) is 10.3 Å². The normalized spacial score (nSPS) is 12.7. The maximum absolute atomic E-state index is 4.50. The maximum Gasteiger partial charge on any atom is 0.0734 e. The average Bonchev–Trinajstić information content (AvgIpc) is 3.02. The lowest BCUT2D eigenvalue weighted by Crippen LogP contribution is -2.20. The number of aromatic nitrogens is 1. The monoisotopic (exact) mass is 282 g/mol. The highest BCUT2D eigenvalue weighted by Crippen LogP contribution is 2.19. The van der Waals surface area contributed by atoms with Crippen LogP contribution in [0.4, 0.5) is 0 Å². The number of thiophene rings is 1. The Labute approximate surface area is 123 Å². The molecule has 2 nitrogen and oxygen atoms in total. The third-order valence-corrected chi connectivity index (χ3v) is 4.59. The van der Waals surface area contributed by atoms with Crippen LogP contribution < -0.4 is 5.32 Å². The second-order valence-electron chi connectivity index (χ2n) is 4.93. The van der Waals surface area contributed by atoms with Gasteiger partial charge in [0.2, 0.25) is 0 Å². The molecular formula is C17H18N2S. The molecule has 0 saturated heterocycles. The Balaban J connectivity index is 1.66. The van der Waals surface area contributed by atoms with Gasteiger partial charge in [-0.25, -0.2) is 0 Å². The van der Waals surface area contributed by atoms with Gasteiger partial charge in [-0.3, -0.25) is 4.98 Å². The highest BCUT2D eigenvalue weighted by Gasteiger charge is 2.06. The molecule has 0 amide bonds. The minimum atomic E-state index is 0.415. The highest BCUT2D eigenvalue weighted by atomic mass is 32.1. The van der Waals surface area contributed by atoms with Crippen LogP contribution in [0, 0.1) is 0 Å². The van der Waals surface area contributed by atoms with Gasteiger partial charge in [-0.05, 0) is 43.0 Å². The van der Waals surface area contributed by atoms with Gasteiger partial charge in [0.15, 0.2) is 0 Å². The summed E-state index contributed by atoms with van der Waals surface area (Å²) in [4.78, 5) is 5.89. The molecule has 2 aromatic heterocycles. The number of para-hydroxylation sites is 1. The van der Waals surface area contributed by atoms with E-state index < -0.39 is 0 Å². The van der Waals surface area contributed by atoms with Crippen LogP contribution in [0.3, 0.4) is 0 Å². The third kappa shape index (κ3) is 2.89. The molecule has 0 radical (unpaired) electrons. The summed E-state index contributed by atoms with van der Waals surface area (Å²) in [6.45, 7) is 3.18. The van der Waals surface area contributed by atoms with Crippen molar-refractivity contribution in [3.8, 4) is 0 Å². The summed E-state index contributed by atoms with van der Waals surface area (Å²) in [5, 5.41) is 6.93. The van der Waals surface area contributed by atoms with Crippen molar-refractivity contribution in [2.75, 3.05) is 6.54 Å². The van der Waals surface area contributed by atoms with E-state index in [0.29, 0.717) is 6.04 Å². The first-order chi connectivity index (χ1) is 9.84. The number of nitrogens with one attached hydrogen (secondary N) is 1. The highest BCUT2D eigenvalue weighted by molar-refractivity contribution is 7.10. The predicted molar refractivity (Wildman–Crippen MR) is 86.2 cm³/mol. The van der Waals surface area contributed by atoms with E-state index >= 15 is 0 Å². The van der Waals surface area contributed by atoms with Gasteiger partial charge in [-0.1, -0.05) is 30.3 Å². The third-order valence-electron chi connectivity index (χ3n) is 3.53. The van der Waals surface area contributed by atoms with E-state index in [1.807, 2.05) is 12.3 Å². The van der Waals surface area contributed by atoms with E-state index in [-0.39, 0.29) is 0 Å². The van der Waals surface area contributed by atoms with Crippen LogP contribution >= 0.6 is 11.3 Å². The zero-order chi connectivity index (χ0) is 13.8. The fourth-order valence-electron chi connectivity index (χ4n) is 2.43. The van der Waals surface area contributed by atoms with Crippen LogP contribution in [0.15, 0.2) is 54.0 Å². The quantitative estimate of drug-likeness (QED) is 0.759. The molecule has 0 aliphatic rings. The number of rotatable bonds is 5. The summed E-state index contributed by atoms with van der Waals surface area (Å²) in [5.41, 5.74) is 2.44. The van der Waals surface area contributed by atoms with E-state index in [0.717, 1.165) is 18.5 Å². The molecule has 20 heavy (non-hydrogen) atoms. The first-order valence-electron chi connectivity index (χ1n) is 6.94. The molecule has 3 aromatic rings. The Kier molecular flexibility index (Phi) is 4.09. The topological polar surface area (TPSA) is 24.9 Å². The molecule has 0 bridgehead atoms. The molecule has 0 spiro atoms. The first-order valence-corrected chi connectivity index (χ1v) is 7.82. The van der Waals surface area contributed by atoms with Gasteiger partial charge in [-0.2, -0.15) is 0 Å².